The zero-order valence-electron chi connectivity index (χ0n) is 48.1. The lowest BCUT2D eigenvalue weighted by molar-refractivity contribution is -0.120. The molecule has 10 rings (SSSR count). The van der Waals surface area contributed by atoms with Gasteiger partial charge in [-0.3, -0.25) is 9.03 Å². The largest absolute Gasteiger partial charge is 0.493 e. The van der Waals surface area contributed by atoms with Gasteiger partial charge in [0.05, 0.1) is 73.2 Å². The van der Waals surface area contributed by atoms with Gasteiger partial charge in [0, 0.05) is 60.7 Å². The molecule has 0 unspecified atom stereocenters. The second-order valence-electron chi connectivity index (χ2n) is 21.6. The summed E-state index contributed by atoms with van der Waals surface area (Å²) in [5.74, 6) is 2.84. The number of furan rings is 1. The number of benzene rings is 8. The third-order valence-electron chi connectivity index (χ3n) is 14.5. The summed E-state index contributed by atoms with van der Waals surface area (Å²) < 4.78 is 95.6. The summed E-state index contributed by atoms with van der Waals surface area (Å²) in [4.78, 5) is 4.17. The second-order valence-corrected chi connectivity index (χ2v) is 25.2. The van der Waals surface area contributed by atoms with Crippen molar-refractivity contribution in [1.82, 2.24) is 0 Å². The molecule has 0 bridgehead atoms. The van der Waals surface area contributed by atoms with E-state index in [0.29, 0.717) is 121 Å². The molecule has 1 aliphatic rings. The Morgan fingerprint density at radius 2 is 1.05 bits per heavy atom. The van der Waals surface area contributed by atoms with Gasteiger partial charge in [0.25, 0.3) is 10.0 Å². The summed E-state index contributed by atoms with van der Waals surface area (Å²) >= 11 is 0. The maximum Gasteiger partial charge on any atom is 0.252 e. The molecule has 0 radical (unpaired) electrons. The average molecular weight is 1190 g/mol. The normalized spacial score (nSPS) is 12.6. The Morgan fingerprint density at radius 3 is 1.59 bits per heavy atom. The summed E-state index contributed by atoms with van der Waals surface area (Å²) in [5.41, 5.74) is 8.42. The molecule has 1 saturated heterocycles. The van der Waals surface area contributed by atoms with Gasteiger partial charge < -0.3 is 37.9 Å². The predicted molar refractivity (Wildman–Crippen MR) is 333 cm³/mol. The van der Waals surface area contributed by atoms with Crippen molar-refractivity contribution in [3.8, 4) is 46.6 Å². The molecule has 1 N–H and O–H groups in total. The second kappa shape index (κ2) is 26.5. The summed E-state index contributed by atoms with van der Waals surface area (Å²) in [6.45, 7) is 9.39. The van der Waals surface area contributed by atoms with Crippen LogP contribution in [0.1, 0.15) is 57.0 Å². The highest BCUT2D eigenvalue weighted by Crippen LogP contribution is 2.37. The summed E-state index contributed by atoms with van der Waals surface area (Å²) in [6.07, 6.45) is 4.22. The predicted octanol–water partition coefficient (Wildman–Crippen LogP) is 13.8. The summed E-state index contributed by atoms with van der Waals surface area (Å²) in [7, 11) is -8.67. The first-order valence-electron chi connectivity index (χ1n) is 27.7. The van der Waals surface area contributed by atoms with Crippen LogP contribution in [0, 0.1) is 41.9 Å². The van der Waals surface area contributed by atoms with E-state index in [1.165, 1.54) is 0 Å². The van der Waals surface area contributed by atoms with Crippen LogP contribution in [0.5, 0.6) is 34.5 Å². The SMILES string of the molecule is Cc1c(NS(=O)(=O)CN(c2cccc(N(Cc3ccc(C#N)cc3)Cc3ccc(Oc4cccc(OCC5(C)COC5)c4)cc3)c2C)S(C)(=O)=O)cccc1N(Cc1ccc(Oc2cccc(OCc3ccoc3)c2)cc1)Cc1cccc(C#N)c1. The van der Waals surface area contributed by atoms with E-state index in [9.17, 15) is 27.4 Å². The van der Waals surface area contributed by atoms with Crippen LogP contribution in [0.3, 0.4) is 0 Å². The van der Waals surface area contributed by atoms with E-state index in [2.05, 4.69) is 33.6 Å². The Bertz CT molecular complexity index is 4130. The van der Waals surface area contributed by atoms with Gasteiger partial charge >= 0.3 is 0 Å². The van der Waals surface area contributed by atoms with Gasteiger partial charge in [0.15, 0.2) is 5.88 Å². The van der Waals surface area contributed by atoms with Crippen molar-refractivity contribution in [2.24, 2.45) is 5.41 Å². The molecule has 1 aromatic heterocycles. The van der Waals surface area contributed by atoms with E-state index in [4.69, 9.17) is 28.1 Å². The van der Waals surface area contributed by atoms with Gasteiger partial charge in [0.2, 0.25) is 10.0 Å². The molecular weight excluding hydrogens is 1120 g/mol. The van der Waals surface area contributed by atoms with Crippen LogP contribution in [0.25, 0.3) is 0 Å². The summed E-state index contributed by atoms with van der Waals surface area (Å²) in [5, 5.41) is 19.3. The maximum absolute atomic E-state index is 14.5. The molecule has 18 heteroatoms. The number of anilines is 4. The molecule has 0 spiro atoms. The highest BCUT2D eigenvalue weighted by molar-refractivity contribution is 7.96. The molecule has 0 saturated carbocycles. The maximum atomic E-state index is 14.5. The van der Waals surface area contributed by atoms with E-state index in [-0.39, 0.29) is 16.8 Å². The number of nitrogens with zero attached hydrogens (tertiary/aromatic N) is 5. The first-order valence-corrected chi connectivity index (χ1v) is 31.2. The van der Waals surface area contributed by atoms with Gasteiger partial charge in [-0.25, -0.2) is 16.8 Å². The Balaban J connectivity index is 0.871. The van der Waals surface area contributed by atoms with Gasteiger partial charge in [0.1, 0.15) is 41.1 Å². The molecule has 8 aromatic carbocycles. The molecule has 2 heterocycles. The lowest BCUT2D eigenvalue weighted by Crippen LogP contribution is -2.44. The van der Waals surface area contributed by atoms with Gasteiger partial charge in [-0.2, -0.15) is 10.5 Å². The Kier molecular flexibility index (Phi) is 18.3. The summed E-state index contributed by atoms with van der Waals surface area (Å²) in [6, 6.07) is 61.5. The molecule has 0 amide bonds. The van der Waals surface area contributed by atoms with Crippen LogP contribution in [-0.4, -0.2) is 48.8 Å². The van der Waals surface area contributed by atoms with Gasteiger partial charge in [-0.05, 0) is 150 Å². The molecule has 1 fully saturated rings. The van der Waals surface area contributed by atoms with Gasteiger partial charge in [-0.1, -0.05) is 79.7 Å². The number of nitriles is 2. The monoisotopic (exact) mass is 1190 g/mol. The van der Waals surface area contributed by atoms with E-state index < -0.39 is 25.9 Å². The fourth-order valence-electron chi connectivity index (χ4n) is 9.94. The highest BCUT2D eigenvalue weighted by Gasteiger charge is 2.34. The van der Waals surface area contributed by atoms with E-state index in [0.717, 1.165) is 38.4 Å². The molecule has 9 aromatic rings. The van der Waals surface area contributed by atoms with Crippen molar-refractivity contribution >= 4 is 42.8 Å². The van der Waals surface area contributed by atoms with Crippen molar-refractivity contribution < 1.29 is 44.9 Å². The standard InChI is InChI=1S/C68H64N6O10S2/c1-49-64(16-8-17-65(49)73(42-56-11-5-10-55(34-56)38-70)41-54-26-30-58(31-27-54)83-62-14-6-12-60(35-62)81-44-57-32-33-79-43-57)71-86(77,78)48-74(85(4,75)76)67-19-9-18-66(50(67)2)72(39-52-22-20-51(37-69)21-23-52)40-53-24-28-59(29-25-53)84-63-15-7-13-61(36-63)82-47-68(3)45-80-46-68/h5-36,43,71H,39-42,44-48H2,1-4H3. The van der Waals surface area contributed by atoms with Crippen molar-refractivity contribution in [3.05, 3.63) is 251 Å². The van der Waals surface area contributed by atoms with Crippen molar-refractivity contribution in [1.29, 1.82) is 10.5 Å². The van der Waals surface area contributed by atoms with Crippen LogP contribution >= 0.6 is 0 Å². The van der Waals surface area contributed by atoms with Crippen molar-refractivity contribution in [2.75, 3.05) is 50.8 Å². The molecule has 438 valence electrons. The third-order valence-corrected chi connectivity index (χ3v) is 16.9. The number of ether oxygens (including phenoxy) is 5. The van der Waals surface area contributed by atoms with Crippen LogP contribution in [-0.2, 0) is 57.6 Å². The lowest BCUT2D eigenvalue weighted by atomic mass is 9.90. The minimum Gasteiger partial charge on any atom is -0.493 e. The van der Waals surface area contributed by atoms with Gasteiger partial charge in [-0.15, -0.1) is 0 Å². The first-order chi connectivity index (χ1) is 41.5. The van der Waals surface area contributed by atoms with E-state index >= 15 is 0 Å². The zero-order valence-corrected chi connectivity index (χ0v) is 49.7. The van der Waals surface area contributed by atoms with Crippen LogP contribution in [0.4, 0.5) is 22.7 Å². The number of hydrogen-bond acceptors (Lipinski definition) is 14. The Hall–Kier alpha value is -9.72. The van der Waals surface area contributed by atoms with Crippen molar-refractivity contribution in [3.63, 3.8) is 0 Å². The Labute approximate surface area is 502 Å². The minimum absolute atomic E-state index is 0.00878. The van der Waals surface area contributed by atoms with E-state index in [1.54, 1.807) is 61.9 Å². The Morgan fingerprint density at radius 1 is 0.535 bits per heavy atom. The smallest absolute Gasteiger partial charge is 0.252 e. The molecule has 86 heavy (non-hydrogen) atoms. The average Bonchev–Trinajstić information content (AvgIpc) is 3.78. The minimum atomic E-state index is -4.44. The number of sulfonamides is 2. The molecule has 0 aliphatic carbocycles. The topological polar surface area (TPSA) is 197 Å². The number of rotatable bonds is 26. The number of nitrogens with one attached hydrogen (secondary N) is 1. The molecule has 0 atom stereocenters. The molecular formula is C68H64N6O10S2. The van der Waals surface area contributed by atoms with E-state index in [1.807, 2.05) is 153 Å². The zero-order chi connectivity index (χ0) is 60.3. The quantitative estimate of drug-likeness (QED) is 0.0537. The highest BCUT2D eigenvalue weighted by atomic mass is 32.2. The lowest BCUT2D eigenvalue weighted by Gasteiger charge is -2.37. The number of hydrogen-bond donors (Lipinski definition) is 1. The third kappa shape index (κ3) is 15.5. The fourth-order valence-corrected chi connectivity index (χ4v) is 12.7. The van der Waals surface area contributed by atoms with Crippen molar-refractivity contribution in [2.45, 2.75) is 53.6 Å². The van der Waals surface area contributed by atoms with Crippen LogP contribution in [0.15, 0.2) is 205 Å². The van der Waals surface area contributed by atoms with Crippen LogP contribution in [0.2, 0.25) is 0 Å². The molecule has 16 nitrogen and oxygen atoms in total. The first kappa shape index (κ1) is 59.4. The van der Waals surface area contributed by atoms with Crippen LogP contribution < -0.4 is 37.8 Å². The fraction of sp³-hybridized carbons (Fsp3) is 0.206. The molecule has 1 aliphatic heterocycles.